The van der Waals surface area contributed by atoms with Crippen LogP contribution in [0.2, 0.25) is 0 Å². The molecule has 3 aromatic carbocycles. The Bertz CT molecular complexity index is 940. The second kappa shape index (κ2) is 8.68. The molecular formula is C25H25F. The number of fused-ring (bicyclic) bond motifs is 1. The predicted molar refractivity (Wildman–Crippen MR) is 109 cm³/mol. The van der Waals surface area contributed by atoms with Gasteiger partial charge in [0, 0.05) is 10.9 Å². The molecule has 0 amide bonds. The van der Waals surface area contributed by atoms with Crippen LogP contribution in [0.15, 0.2) is 54.6 Å². The molecule has 0 N–H and O–H groups in total. The van der Waals surface area contributed by atoms with Crippen molar-refractivity contribution < 1.29 is 4.39 Å². The maximum Gasteiger partial charge on any atom is 0.146 e. The summed E-state index contributed by atoms with van der Waals surface area (Å²) in [7, 11) is 0. The van der Waals surface area contributed by atoms with Gasteiger partial charge in [-0.25, -0.2) is 4.39 Å². The minimum atomic E-state index is -0.223. The molecule has 0 aliphatic carbocycles. The molecule has 0 fully saturated rings. The van der Waals surface area contributed by atoms with Gasteiger partial charge in [-0.2, -0.15) is 0 Å². The minimum absolute atomic E-state index is 0.223. The van der Waals surface area contributed by atoms with E-state index in [-0.39, 0.29) is 5.82 Å². The van der Waals surface area contributed by atoms with Crippen molar-refractivity contribution in [2.24, 2.45) is 0 Å². The van der Waals surface area contributed by atoms with Gasteiger partial charge in [0.15, 0.2) is 0 Å². The molecule has 26 heavy (non-hydrogen) atoms. The summed E-state index contributed by atoms with van der Waals surface area (Å²) in [5.41, 5.74) is 3.95. The van der Waals surface area contributed by atoms with Crippen LogP contribution in [0.1, 0.15) is 55.4 Å². The highest BCUT2D eigenvalue weighted by Crippen LogP contribution is 2.23. The Balaban J connectivity index is 1.86. The zero-order valence-electron chi connectivity index (χ0n) is 15.6. The van der Waals surface area contributed by atoms with Crippen molar-refractivity contribution in [2.45, 2.75) is 46.0 Å². The maximum atomic E-state index is 14.8. The molecular weight excluding hydrogens is 319 g/mol. The summed E-state index contributed by atoms with van der Waals surface area (Å²) in [5, 5.41) is 1.60. The van der Waals surface area contributed by atoms with E-state index in [0.29, 0.717) is 10.9 Å². The Labute approximate surface area is 156 Å². The highest BCUT2D eigenvalue weighted by molar-refractivity contribution is 5.85. The average molecular weight is 344 g/mol. The van der Waals surface area contributed by atoms with Gasteiger partial charge in [-0.3, -0.25) is 0 Å². The van der Waals surface area contributed by atoms with Gasteiger partial charge in [0.05, 0.1) is 5.56 Å². The van der Waals surface area contributed by atoms with Crippen LogP contribution in [0.25, 0.3) is 10.8 Å². The van der Waals surface area contributed by atoms with Gasteiger partial charge in [-0.15, -0.1) is 0 Å². The van der Waals surface area contributed by atoms with Crippen molar-refractivity contribution in [3.8, 4) is 11.8 Å². The van der Waals surface area contributed by atoms with Crippen LogP contribution >= 0.6 is 0 Å². The third-order valence-corrected chi connectivity index (χ3v) is 4.67. The van der Waals surface area contributed by atoms with E-state index < -0.39 is 0 Å². The Morgan fingerprint density at radius 3 is 2.27 bits per heavy atom. The predicted octanol–water partition coefficient (Wildman–Crippen LogP) is 6.67. The monoisotopic (exact) mass is 344 g/mol. The standard InChI is InChI=1S/C25H25F/c1-3-5-7-21-13-17-24-23(18-21)16-15-22(25(24)26)14-12-20-10-8-19(6-4-2)9-11-20/h8-11,13,15-18H,3-7H2,1-2H3. The number of benzene rings is 3. The number of halogens is 1. The van der Waals surface area contributed by atoms with E-state index in [1.165, 1.54) is 17.5 Å². The number of hydrogen-bond donors (Lipinski definition) is 0. The summed E-state index contributed by atoms with van der Waals surface area (Å²) in [6.45, 7) is 4.35. The molecule has 0 heterocycles. The first-order valence-corrected chi connectivity index (χ1v) is 9.53. The molecule has 0 nitrogen and oxygen atoms in total. The largest absolute Gasteiger partial charge is 0.205 e. The van der Waals surface area contributed by atoms with Crippen molar-refractivity contribution in [1.82, 2.24) is 0 Å². The van der Waals surface area contributed by atoms with E-state index in [1.54, 1.807) is 6.07 Å². The highest BCUT2D eigenvalue weighted by Gasteiger charge is 2.06. The molecule has 3 aromatic rings. The van der Waals surface area contributed by atoms with Crippen molar-refractivity contribution >= 4 is 10.8 Å². The summed E-state index contributed by atoms with van der Waals surface area (Å²) in [6, 6.07) is 18.0. The lowest BCUT2D eigenvalue weighted by molar-refractivity contribution is 0.636. The molecule has 0 saturated heterocycles. The normalized spacial score (nSPS) is 10.6. The fourth-order valence-electron chi connectivity index (χ4n) is 3.16. The number of hydrogen-bond acceptors (Lipinski definition) is 0. The van der Waals surface area contributed by atoms with E-state index in [2.05, 4.69) is 43.9 Å². The molecule has 0 saturated carbocycles. The van der Waals surface area contributed by atoms with Crippen LogP contribution in [0.5, 0.6) is 0 Å². The minimum Gasteiger partial charge on any atom is -0.205 e. The lowest BCUT2D eigenvalue weighted by atomic mass is 10.0. The molecule has 0 aliphatic rings. The molecule has 0 aliphatic heterocycles. The van der Waals surface area contributed by atoms with Crippen LogP contribution in [-0.2, 0) is 12.8 Å². The summed E-state index contributed by atoms with van der Waals surface area (Å²) in [5.74, 6) is 5.86. The fourth-order valence-corrected chi connectivity index (χ4v) is 3.16. The first-order chi connectivity index (χ1) is 12.7. The first kappa shape index (κ1) is 18.2. The molecule has 132 valence electrons. The van der Waals surface area contributed by atoms with Gasteiger partial charge < -0.3 is 0 Å². The van der Waals surface area contributed by atoms with Gasteiger partial charge in [-0.05, 0) is 54.0 Å². The second-order valence-corrected chi connectivity index (χ2v) is 6.78. The van der Waals surface area contributed by atoms with E-state index in [0.717, 1.165) is 36.6 Å². The van der Waals surface area contributed by atoms with Crippen LogP contribution in [0.3, 0.4) is 0 Å². The average Bonchev–Trinajstić information content (AvgIpc) is 2.67. The number of rotatable bonds is 5. The summed E-state index contributed by atoms with van der Waals surface area (Å²) in [4.78, 5) is 0. The Morgan fingerprint density at radius 2 is 1.54 bits per heavy atom. The topological polar surface area (TPSA) is 0 Å². The van der Waals surface area contributed by atoms with Gasteiger partial charge in [0.1, 0.15) is 5.82 Å². The molecule has 0 aromatic heterocycles. The number of aryl methyl sites for hydroxylation is 2. The van der Waals surface area contributed by atoms with Crippen molar-refractivity contribution in [2.75, 3.05) is 0 Å². The van der Waals surface area contributed by atoms with Crippen LogP contribution in [0, 0.1) is 17.7 Å². The van der Waals surface area contributed by atoms with Crippen LogP contribution in [0.4, 0.5) is 4.39 Å². The highest BCUT2D eigenvalue weighted by atomic mass is 19.1. The number of unbranched alkanes of at least 4 members (excludes halogenated alkanes) is 1. The van der Waals surface area contributed by atoms with Crippen molar-refractivity contribution in [3.63, 3.8) is 0 Å². The van der Waals surface area contributed by atoms with E-state index in [1.807, 2.05) is 30.3 Å². The summed E-state index contributed by atoms with van der Waals surface area (Å²) in [6.07, 6.45) is 5.58. The van der Waals surface area contributed by atoms with Crippen molar-refractivity contribution in [1.29, 1.82) is 0 Å². The van der Waals surface area contributed by atoms with Gasteiger partial charge in [-0.1, -0.05) is 74.9 Å². The molecule has 0 spiro atoms. The third-order valence-electron chi connectivity index (χ3n) is 4.67. The lowest BCUT2D eigenvalue weighted by Crippen LogP contribution is -1.90. The molecule has 3 rings (SSSR count). The second-order valence-electron chi connectivity index (χ2n) is 6.78. The van der Waals surface area contributed by atoms with E-state index in [9.17, 15) is 4.39 Å². The zero-order valence-corrected chi connectivity index (χ0v) is 15.6. The molecule has 1 heteroatoms. The summed E-state index contributed by atoms with van der Waals surface area (Å²) >= 11 is 0. The Hall–Kier alpha value is -2.59. The van der Waals surface area contributed by atoms with Gasteiger partial charge >= 0.3 is 0 Å². The Kier molecular flexibility index (Phi) is 6.08. The van der Waals surface area contributed by atoms with E-state index in [4.69, 9.17) is 0 Å². The van der Waals surface area contributed by atoms with E-state index >= 15 is 0 Å². The fraction of sp³-hybridized carbons (Fsp3) is 0.280. The molecule has 0 bridgehead atoms. The SMILES string of the molecule is CCCCc1ccc2c(F)c(C#Cc3ccc(CCC)cc3)ccc2c1. The zero-order chi connectivity index (χ0) is 18.4. The third kappa shape index (κ3) is 4.33. The van der Waals surface area contributed by atoms with Gasteiger partial charge in [0.25, 0.3) is 0 Å². The quantitative estimate of drug-likeness (QED) is 0.453. The Morgan fingerprint density at radius 1 is 0.769 bits per heavy atom. The summed E-state index contributed by atoms with van der Waals surface area (Å²) < 4.78 is 14.8. The van der Waals surface area contributed by atoms with Crippen molar-refractivity contribution in [3.05, 3.63) is 82.7 Å². The maximum absolute atomic E-state index is 14.8. The lowest BCUT2D eigenvalue weighted by Gasteiger charge is -2.05. The molecule has 0 atom stereocenters. The van der Waals surface area contributed by atoms with Gasteiger partial charge in [0.2, 0.25) is 0 Å². The smallest absolute Gasteiger partial charge is 0.146 e. The molecule has 0 unspecified atom stereocenters. The van der Waals surface area contributed by atoms with Crippen LogP contribution in [-0.4, -0.2) is 0 Å². The first-order valence-electron chi connectivity index (χ1n) is 9.53. The van der Waals surface area contributed by atoms with Crippen LogP contribution < -0.4 is 0 Å². The molecule has 0 radical (unpaired) electrons.